The van der Waals surface area contributed by atoms with Crippen molar-refractivity contribution >= 4 is 29.6 Å². The first-order valence-corrected chi connectivity index (χ1v) is 10.4. The molecule has 8 heteroatoms. The maximum atomic E-state index is 12.9. The number of unbranched alkanes of at least 4 members (excludes halogenated alkanes) is 1. The van der Waals surface area contributed by atoms with Gasteiger partial charge in [-0.15, -0.1) is 0 Å². The van der Waals surface area contributed by atoms with E-state index in [2.05, 4.69) is 10.6 Å². The van der Waals surface area contributed by atoms with Gasteiger partial charge in [-0.2, -0.15) is 0 Å². The summed E-state index contributed by atoms with van der Waals surface area (Å²) in [5, 5.41) is 15.3. The molecule has 0 aromatic heterocycles. The maximum Gasteiger partial charge on any atom is 0.335 e. The van der Waals surface area contributed by atoms with Gasteiger partial charge in [0.25, 0.3) is 0 Å². The lowest BCUT2D eigenvalue weighted by Gasteiger charge is -2.35. The Morgan fingerprint density at radius 3 is 2.55 bits per heavy atom. The fourth-order valence-electron chi connectivity index (χ4n) is 3.60. The number of benzene rings is 2. The number of urea groups is 2. The number of nitrogens with zero attached hydrogens (tertiary/aromatic N) is 1. The molecule has 3 rings (SSSR count). The van der Waals surface area contributed by atoms with Crippen molar-refractivity contribution in [2.75, 3.05) is 6.54 Å². The van der Waals surface area contributed by atoms with Crippen LogP contribution < -0.4 is 10.6 Å². The van der Waals surface area contributed by atoms with Gasteiger partial charge in [0, 0.05) is 17.3 Å². The molecule has 2 aromatic carbocycles. The monoisotopic (exact) mass is 441 g/mol. The zero-order valence-electron chi connectivity index (χ0n) is 17.1. The van der Waals surface area contributed by atoms with Crippen molar-refractivity contribution < 1.29 is 19.5 Å². The van der Waals surface area contributed by atoms with Crippen molar-refractivity contribution in [1.29, 1.82) is 0 Å². The Hall–Kier alpha value is -3.32. The fraction of sp³-hybridized carbons (Fsp3) is 0.261. The van der Waals surface area contributed by atoms with Crippen LogP contribution in [0, 0.1) is 0 Å². The highest BCUT2D eigenvalue weighted by atomic mass is 35.5. The van der Waals surface area contributed by atoms with Crippen LogP contribution in [-0.4, -0.2) is 34.6 Å². The Balaban J connectivity index is 1.73. The maximum absolute atomic E-state index is 12.9. The van der Waals surface area contributed by atoms with E-state index in [1.807, 2.05) is 30.3 Å². The number of aryl methyl sites for hydroxylation is 1. The first kappa shape index (κ1) is 22.4. The van der Waals surface area contributed by atoms with Gasteiger partial charge in [0.05, 0.1) is 5.57 Å². The van der Waals surface area contributed by atoms with Gasteiger partial charge < -0.3 is 15.7 Å². The number of carboxylic acid groups (broad SMARTS) is 1. The summed E-state index contributed by atoms with van der Waals surface area (Å²) < 4.78 is 0. The van der Waals surface area contributed by atoms with E-state index in [-0.39, 0.29) is 11.3 Å². The van der Waals surface area contributed by atoms with E-state index in [1.54, 1.807) is 24.3 Å². The van der Waals surface area contributed by atoms with E-state index in [0.29, 0.717) is 17.1 Å². The summed E-state index contributed by atoms with van der Waals surface area (Å²) in [4.78, 5) is 38.4. The van der Waals surface area contributed by atoms with Crippen LogP contribution in [-0.2, 0) is 11.2 Å². The molecular weight excluding hydrogens is 418 g/mol. The van der Waals surface area contributed by atoms with Crippen molar-refractivity contribution in [3.8, 4) is 0 Å². The zero-order chi connectivity index (χ0) is 22.4. The normalized spacial score (nSPS) is 16.1. The third-order valence-electron chi connectivity index (χ3n) is 5.07. The minimum atomic E-state index is -1.22. The van der Waals surface area contributed by atoms with E-state index >= 15 is 0 Å². The third-order valence-corrected chi connectivity index (χ3v) is 5.31. The van der Waals surface area contributed by atoms with Gasteiger partial charge in [-0.25, -0.2) is 19.3 Å². The Morgan fingerprint density at radius 2 is 1.87 bits per heavy atom. The van der Waals surface area contributed by atoms with E-state index in [0.717, 1.165) is 24.2 Å². The first-order chi connectivity index (χ1) is 14.9. The number of rotatable bonds is 7. The van der Waals surface area contributed by atoms with Gasteiger partial charge in [0.1, 0.15) is 6.04 Å². The number of amides is 4. The molecule has 0 bridgehead atoms. The van der Waals surface area contributed by atoms with Crippen LogP contribution in [0.1, 0.15) is 36.9 Å². The number of allylic oxidation sites excluding steroid dienone is 1. The highest BCUT2D eigenvalue weighted by molar-refractivity contribution is 6.30. The fourth-order valence-corrected chi connectivity index (χ4v) is 3.80. The lowest BCUT2D eigenvalue weighted by atomic mass is 9.94. The molecule has 4 amide bonds. The molecule has 7 nitrogen and oxygen atoms in total. The molecular formula is C23H24ClN3O4. The number of hydrogen-bond donors (Lipinski definition) is 3. The molecule has 3 N–H and O–H groups in total. The van der Waals surface area contributed by atoms with Crippen LogP contribution in [0.25, 0.3) is 0 Å². The summed E-state index contributed by atoms with van der Waals surface area (Å²) in [6.07, 6.45) is 2.48. The number of carboxylic acids is 1. The Labute approximate surface area is 185 Å². The molecule has 162 valence electrons. The van der Waals surface area contributed by atoms with Crippen molar-refractivity contribution in [2.24, 2.45) is 0 Å². The van der Waals surface area contributed by atoms with Gasteiger partial charge in [0.2, 0.25) is 0 Å². The molecule has 0 aliphatic carbocycles. The standard InChI is InChI=1S/C23H24ClN3O4/c1-15-19(21(28)29)20(17-11-7-12-18(24)14-17)27(23(31)26-15)22(30)25-13-6-5-10-16-8-3-2-4-9-16/h2-4,7-9,11-12,14,20H,5-6,10,13H2,1H3,(H,25,30)(H,26,31)(H,28,29). The third kappa shape index (κ3) is 5.44. The molecule has 1 aliphatic heterocycles. The Kier molecular flexibility index (Phi) is 7.31. The first-order valence-electron chi connectivity index (χ1n) is 10.00. The predicted molar refractivity (Wildman–Crippen MR) is 118 cm³/mol. The second-order valence-corrected chi connectivity index (χ2v) is 7.71. The summed E-state index contributed by atoms with van der Waals surface area (Å²) in [5.74, 6) is -1.22. The van der Waals surface area contributed by atoms with Crippen LogP contribution in [0.2, 0.25) is 5.02 Å². The van der Waals surface area contributed by atoms with Crippen LogP contribution >= 0.6 is 11.6 Å². The SMILES string of the molecule is CC1=C(C(=O)O)C(c2cccc(Cl)c2)N(C(=O)NCCCCc2ccccc2)C(=O)N1. The molecule has 1 heterocycles. The number of carbonyl (C=O) groups excluding carboxylic acids is 2. The van der Waals surface area contributed by atoms with Gasteiger partial charge in [-0.3, -0.25) is 0 Å². The molecule has 1 unspecified atom stereocenters. The zero-order valence-corrected chi connectivity index (χ0v) is 17.9. The smallest absolute Gasteiger partial charge is 0.335 e. The van der Waals surface area contributed by atoms with Crippen LogP contribution in [0.3, 0.4) is 0 Å². The number of carbonyl (C=O) groups is 3. The highest BCUT2D eigenvalue weighted by Crippen LogP contribution is 2.34. The molecule has 0 saturated heterocycles. The molecule has 1 aliphatic rings. The van der Waals surface area contributed by atoms with E-state index in [9.17, 15) is 19.5 Å². The topological polar surface area (TPSA) is 98.7 Å². The second kappa shape index (κ2) is 10.1. The Bertz CT molecular complexity index is 1010. The number of halogens is 1. The number of imide groups is 1. The minimum Gasteiger partial charge on any atom is -0.478 e. The van der Waals surface area contributed by atoms with Gasteiger partial charge >= 0.3 is 18.0 Å². The van der Waals surface area contributed by atoms with E-state index < -0.39 is 24.1 Å². The van der Waals surface area contributed by atoms with E-state index in [4.69, 9.17) is 11.6 Å². The van der Waals surface area contributed by atoms with Crippen molar-refractivity contribution in [1.82, 2.24) is 15.5 Å². The molecule has 0 fully saturated rings. The summed E-state index contributed by atoms with van der Waals surface area (Å²) >= 11 is 6.08. The van der Waals surface area contributed by atoms with Crippen molar-refractivity contribution in [3.05, 3.63) is 82.0 Å². The lowest BCUT2D eigenvalue weighted by Crippen LogP contribution is -2.54. The Morgan fingerprint density at radius 1 is 1.13 bits per heavy atom. The number of aliphatic carboxylic acids is 1. The number of hydrogen-bond acceptors (Lipinski definition) is 3. The summed E-state index contributed by atoms with van der Waals surface area (Å²) in [5.41, 5.74) is 1.77. The molecule has 31 heavy (non-hydrogen) atoms. The average molecular weight is 442 g/mol. The second-order valence-electron chi connectivity index (χ2n) is 7.28. The predicted octanol–water partition coefficient (Wildman–Crippen LogP) is 4.50. The van der Waals surface area contributed by atoms with Crippen LogP contribution in [0.5, 0.6) is 0 Å². The molecule has 0 radical (unpaired) electrons. The van der Waals surface area contributed by atoms with E-state index in [1.165, 1.54) is 12.5 Å². The van der Waals surface area contributed by atoms with Crippen molar-refractivity contribution in [2.45, 2.75) is 32.2 Å². The van der Waals surface area contributed by atoms with Gasteiger partial charge in [-0.1, -0.05) is 54.1 Å². The van der Waals surface area contributed by atoms with Crippen LogP contribution in [0.15, 0.2) is 65.9 Å². The average Bonchev–Trinajstić information content (AvgIpc) is 2.73. The summed E-state index contributed by atoms with van der Waals surface area (Å²) in [6.45, 7) is 1.86. The summed E-state index contributed by atoms with van der Waals surface area (Å²) in [6, 6.07) is 14.1. The quantitative estimate of drug-likeness (QED) is 0.551. The van der Waals surface area contributed by atoms with Gasteiger partial charge in [0.15, 0.2) is 0 Å². The molecule has 0 spiro atoms. The van der Waals surface area contributed by atoms with Crippen LogP contribution in [0.4, 0.5) is 9.59 Å². The highest BCUT2D eigenvalue weighted by Gasteiger charge is 2.41. The molecule has 1 atom stereocenters. The molecule has 2 aromatic rings. The minimum absolute atomic E-state index is 0.0823. The lowest BCUT2D eigenvalue weighted by molar-refractivity contribution is -0.133. The van der Waals surface area contributed by atoms with Gasteiger partial charge in [-0.05, 0) is 49.4 Å². The number of nitrogens with one attached hydrogen (secondary N) is 2. The largest absolute Gasteiger partial charge is 0.478 e. The molecule has 0 saturated carbocycles. The van der Waals surface area contributed by atoms with Crippen molar-refractivity contribution in [3.63, 3.8) is 0 Å². The summed E-state index contributed by atoms with van der Waals surface area (Å²) in [7, 11) is 0.